The molecule has 0 unspecified atom stereocenters. The van der Waals surface area contributed by atoms with E-state index in [0.29, 0.717) is 18.3 Å². The van der Waals surface area contributed by atoms with E-state index in [4.69, 9.17) is 4.42 Å². The number of aryl methyl sites for hydroxylation is 1. The minimum Gasteiger partial charge on any atom is -0.419 e. The van der Waals surface area contributed by atoms with E-state index >= 15 is 0 Å². The first-order valence-corrected chi connectivity index (χ1v) is 8.45. The summed E-state index contributed by atoms with van der Waals surface area (Å²) in [4.78, 5) is 3.30. The molecule has 0 aliphatic heterocycles. The van der Waals surface area contributed by atoms with Gasteiger partial charge in [0.25, 0.3) is 0 Å². The molecule has 0 aliphatic rings. The Kier molecular flexibility index (Phi) is 4.31. The number of fused-ring (bicyclic) bond motifs is 1. The average molecular weight is 332 g/mol. The summed E-state index contributed by atoms with van der Waals surface area (Å²) in [5, 5.41) is 12.9. The Morgan fingerprint density at radius 2 is 1.88 bits per heavy atom. The monoisotopic (exact) mass is 332 g/mol. The quantitative estimate of drug-likeness (QED) is 0.526. The second-order valence-electron chi connectivity index (χ2n) is 6.10. The molecule has 0 atom stereocenters. The summed E-state index contributed by atoms with van der Waals surface area (Å²) in [5.41, 5.74) is 4.61. The minimum absolute atomic E-state index is 0.571. The number of aromatic amines is 1. The summed E-state index contributed by atoms with van der Waals surface area (Å²) in [7, 11) is 0. The van der Waals surface area contributed by atoms with Crippen LogP contribution in [0.15, 0.2) is 59.1 Å². The maximum atomic E-state index is 5.77. The molecule has 126 valence electrons. The highest BCUT2D eigenvalue weighted by atomic mass is 16.4. The maximum Gasteiger partial charge on any atom is 0.248 e. The van der Waals surface area contributed by atoms with Crippen molar-refractivity contribution in [2.45, 2.75) is 19.9 Å². The van der Waals surface area contributed by atoms with E-state index in [1.54, 1.807) is 0 Å². The number of hydrogen-bond donors (Lipinski definition) is 2. The first-order valence-electron chi connectivity index (χ1n) is 8.45. The predicted octanol–water partition coefficient (Wildman–Crippen LogP) is 3.86. The summed E-state index contributed by atoms with van der Waals surface area (Å²) in [5.74, 6) is 1.18. The van der Waals surface area contributed by atoms with Crippen molar-refractivity contribution in [3.05, 3.63) is 71.7 Å². The van der Waals surface area contributed by atoms with Crippen LogP contribution >= 0.6 is 0 Å². The highest BCUT2D eigenvalue weighted by Gasteiger charge is 2.10. The number of H-pyrrole nitrogens is 1. The summed E-state index contributed by atoms with van der Waals surface area (Å²) in [6.45, 7) is 3.46. The van der Waals surface area contributed by atoms with E-state index < -0.39 is 0 Å². The van der Waals surface area contributed by atoms with Crippen LogP contribution in [0.25, 0.3) is 22.4 Å². The lowest BCUT2D eigenvalue weighted by Crippen LogP contribution is -2.16. The Labute approximate surface area is 146 Å². The molecule has 2 aromatic heterocycles. The SMILES string of the molecule is Cc1ccccc1-c1nnc(CNCCc2c[nH]c3ccccc23)o1. The second kappa shape index (κ2) is 6.91. The van der Waals surface area contributed by atoms with Crippen LogP contribution in [0.5, 0.6) is 0 Å². The number of rotatable bonds is 6. The Morgan fingerprint density at radius 1 is 1.04 bits per heavy atom. The van der Waals surface area contributed by atoms with Crippen LogP contribution in [0, 0.1) is 6.92 Å². The molecule has 0 spiro atoms. The molecule has 0 aliphatic carbocycles. The largest absolute Gasteiger partial charge is 0.419 e. The fraction of sp³-hybridized carbons (Fsp3) is 0.200. The second-order valence-corrected chi connectivity index (χ2v) is 6.10. The van der Waals surface area contributed by atoms with Crippen molar-refractivity contribution in [3.63, 3.8) is 0 Å². The standard InChI is InChI=1S/C20H20N4O/c1-14-6-2-3-7-16(14)20-24-23-19(25-20)13-21-11-10-15-12-22-18-9-5-4-8-17(15)18/h2-9,12,21-22H,10-11,13H2,1H3. The predicted molar refractivity (Wildman–Crippen MR) is 98.2 cm³/mol. The zero-order chi connectivity index (χ0) is 17.1. The number of para-hydroxylation sites is 1. The van der Waals surface area contributed by atoms with Gasteiger partial charge in [-0.15, -0.1) is 10.2 Å². The first kappa shape index (κ1) is 15.6. The zero-order valence-electron chi connectivity index (χ0n) is 14.1. The number of nitrogens with zero attached hydrogens (tertiary/aromatic N) is 2. The summed E-state index contributed by atoms with van der Waals surface area (Å²) in [6, 6.07) is 16.4. The minimum atomic E-state index is 0.571. The van der Waals surface area contributed by atoms with Crippen molar-refractivity contribution in [1.82, 2.24) is 20.5 Å². The van der Waals surface area contributed by atoms with Gasteiger partial charge < -0.3 is 14.7 Å². The lowest BCUT2D eigenvalue weighted by molar-refractivity contribution is 0.478. The maximum absolute atomic E-state index is 5.77. The molecule has 0 radical (unpaired) electrons. The average Bonchev–Trinajstić information content (AvgIpc) is 3.26. The van der Waals surface area contributed by atoms with Crippen LogP contribution < -0.4 is 5.32 Å². The van der Waals surface area contributed by atoms with E-state index in [-0.39, 0.29) is 0 Å². The van der Waals surface area contributed by atoms with Crippen LogP contribution in [0.2, 0.25) is 0 Å². The summed E-state index contributed by atoms with van der Waals surface area (Å²) < 4.78 is 5.77. The molecule has 25 heavy (non-hydrogen) atoms. The van der Waals surface area contributed by atoms with Crippen molar-refractivity contribution >= 4 is 10.9 Å². The van der Waals surface area contributed by atoms with Gasteiger partial charge in [0.05, 0.1) is 6.54 Å². The van der Waals surface area contributed by atoms with Crippen molar-refractivity contribution in [2.24, 2.45) is 0 Å². The van der Waals surface area contributed by atoms with Gasteiger partial charge >= 0.3 is 0 Å². The normalized spacial score (nSPS) is 11.2. The van der Waals surface area contributed by atoms with Crippen molar-refractivity contribution in [3.8, 4) is 11.5 Å². The molecule has 4 aromatic rings. The number of benzene rings is 2. The lowest BCUT2D eigenvalue weighted by atomic mass is 10.1. The van der Waals surface area contributed by atoms with Gasteiger partial charge in [-0.3, -0.25) is 0 Å². The first-order chi connectivity index (χ1) is 12.3. The van der Waals surface area contributed by atoms with Gasteiger partial charge in [-0.25, -0.2) is 0 Å². The van der Waals surface area contributed by atoms with Crippen molar-refractivity contribution < 1.29 is 4.42 Å². The fourth-order valence-electron chi connectivity index (χ4n) is 3.00. The number of nitrogens with one attached hydrogen (secondary N) is 2. The van der Waals surface area contributed by atoms with Gasteiger partial charge in [0, 0.05) is 22.7 Å². The Balaban J connectivity index is 1.34. The fourth-order valence-corrected chi connectivity index (χ4v) is 3.00. The van der Waals surface area contributed by atoms with Gasteiger partial charge in [0.2, 0.25) is 11.8 Å². The molecular weight excluding hydrogens is 312 g/mol. The summed E-state index contributed by atoms with van der Waals surface area (Å²) >= 11 is 0. The molecule has 0 fully saturated rings. The molecule has 4 rings (SSSR count). The molecule has 5 nitrogen and oxygen atoms in total. The van der Waals surface area contributed by atoms with E-state index in [2.05, 4.69) is 44.9 Å². The topological polar surface area (TPSA) is 66.7 Å². The van der Waals surface area contributed by atoms with Gasteiger partial charge in [-0.05, 0) is 43.1 Å². The molecule has 0 bridgehead atoms. The molecule has 0 saturated carbocycles. The molecule has 0 saturated heterocycles. The van der Waals surface area contributed by atoms with Gasteiger partial charge in [0.1, 0.15) is 0 Å². The number of aromatic nitrogens is 3. The Bertz CT molecular complexity index is 986. The molecule has 2 aromatic carbocycles. The highest BCUT2D eigenvalue weighted by Crippen LogP contribution is 2.21. The number of hydrogen-bond acceptors (Lipinski definition) is 4. The van der Waals surface area contributed by atoms with Crippen LogP contribution in [-0.4, -0.2) is 21.7 Å². The third kappa shape index (κ3) is 3.32. The molecule has 2 heterocycles. The highest BCUT2D eigenvalue weighted by molar-refractivity contribution is 5.83. The third-order valence-electron chi connectivity index (χ3n) is 4.36. The Morgan fingerprint density at radius 3 is 2.80 bits per heavy atom. The third-order valence-corrected chi connectivity index (χ3v) is 4.36. The Hall–Kier alpha value is -2.92. The van der Waals surface area contributed by atoms with Crippen LogP contribution in [-0.2, 0) is 13.0 Å². The van der Waals surface area contributed by atoms with Gasteiger partial charge in [0.15, 0.2) is 0 Å². The molecular formula is C20H20N4O. The van der Waals surface area contributed by atoms with Crippen molar-refractivity contribution in [2.75, 3.05) is 6.54 Å². The van der Waals surface area contributed by atoms with Gasteiger partial charge in [-0.2, -0.15) is 0 Å². The lowest BCUT2D eigenvalue weighted by Gasteiger charge is -2.02. The molecule has 2 N–H and O–H groups in total. The van der Waals surface area contributed by atoms with E-state index in [1.807, 2.05) is 37.3 Å². The van der Waals surface area contributed by atoms with Gasteiger partial charge in [-0.1, -0.05) is 36.4 Å². The van der Waals surface area contributed by atoms with Crippen LogP contribution in [0.3, 0.4) is 0 Å². The molecule has 0 amide bonds. The van der Waals surface area contributed by atoms with Crippen LogP contribution in [0.1, 0.15) is 17.0 Å². The zero-order valence-corrected chi connectivity index (χ0v) is 14.1. The van der Waals surface area contributed by atoms with E-state index in [1.165, 1.54) is 16.5 Å². The van der Waals surface area contributed by atoms with Crippen molar-refractivity contribution in [1.29, 1.82) is 0 Å². The van der Waals surface area contributed by atoms with Crippen LogP contribution in [0.4, 0.5) is 0 Å². The van der Waals surface area contributed by atoms with E-state index in [9.17, 15) is 0 Å². The summed E-state index contributed by atoms with van der Waals surface area (Å²) in [6.07, 6.45) is 3.03. The molecule has 5 heteroatoms. The smallest absolute Gasteiger partial charge is 0.248 e. The van der Waals surface area contributed by atoms with E-state index in [0.717, 1.165) is 24.1 Å².